The van der Waals surface area contributed by atoms with Gasteiger partial charge in [-0.3, -0.25) is 9.59 Å². The summed E-state index contributed by atoms with van der Waals surface area (Å²) in [5.41, 5.74) is 2.06. The second-order valence-corrected chi connectivity index (χ2v) is 6.92. The molecule has 0 unspecified atom stereocenters. The van der Waals surface area contributed by atoms with Crippen molar-refractivity contribution < 1.29 is 14.3 Å². The molecule has 0 aliphatic heterocycles. The van der Waals surface area contributed by atoms with Gasteiger partial charge < -0.3 is 15.4 Å². The van der Waals surface area contributed by atoms with E-state index in [0.29, 0.717) is 28.1 Å². The number of carbonyl (C=O) groups excluding carboxylic acids is 2. The fourth-order valence-corrected chi connectivity index (χ4v) is 2.66. The molecule has 2 amide bonds. The summed E-state index contributed by atoms with van der Waals surface area (Å²) in [7, 11) is 0. The number of nitrogens with one attached hydrogen (secondary N) is 2. The Morgan fingerprint density at radius 2 is 1.85 bits per heavy atom. The Bertz CT molecular complexity index is 816. The summed E-state index contributed by atoms with van der Waals surface area (Å²) in [6.45, 7) is 3.55. The van der Waals surface area contributed by atoms with Gasteiger partial charge in [0.25, 0.3) is 11.8 Å². The van der Waals surface area contributed by atoms with Crippen LogP contribution in [0.4, 0.5) is 5.69 Å². The SMILES string of the molecule is Cc1cc(Cl)ccc1O[C@@H](C)C(=O)Nc1ccc(C(=O)NC2CC2)cc1. The van der Waals surface area contributed by atoms with Gasteiger partial charge in [-0.1, -0.05) is 11.6 Å². The molecule has 2 aromatic carbocycles. The fourth-order valence-electron chi connectivity index (χ4n) is 2.43. The van der Waals surface area contributed by atoms with E-state index in [0.717, 1.165) is 18.4 Å². The highest BCUT2D eigenvalue weighted by Crippen LogP contribution is 2.23. The number of rotatable bonds is 6. The zero-order valence-electron chi connectivity index (χ0n) is 14.7. The van der Waals surface area contributed by atoms with Crippen LogP contribution in [0.3, 0.4) is 0 Å². The zero-order chi connectivity index (χ0) is 18.7. The summed E-state index contributed by atoms with van der Waals surface area (Å²) in [6, 6.07) is 12.4. The van der Waals surface area contributed by atoms with Gasteiger partial charge in [-0.05, 0) is 74.7 Å². The lowest BCUT2D eigenvalue weighted by atomic mass is 10.2. The van der Waals surface area contributed by atoms with Gasteiger partial charge in [-0.2, -0.15) is 0 Å². The first-order chi connectivity index (χ1) is 12.4. The third-order valence-electron chi connectivity index (χ3n) is 4.14. The minimum Gasteiger partial charge on any atom is -0.481 e. The fraction of sp³-hybridized carbons (Fsp3) is 0.300. The van der Waals surface area contributed by atoms with Crippen LogP contribution in [0.25, 0.3) is 0 Å². The van der Waals surface area contributed by atoms with E-state index in [4.69, 9.17) is 16.3 Å². The summed E-state index contributed by atoms with van der Waals surface area (Å²) in [5, 5.41) is 6.34. The van der Waals surface area contributed by atoms with Gasteiger partial charge in [-0.25, -0.2) is 0 Å². The third kappa shape index (κ3) is 4.76. The predicted molar refractivity (Wildman–Crippen MR) is 102 cm³/mol. The minimum absolute atomic E-state index is 0.0831. The molecule has 0 radical (unpaired) electrons. The highest BCUT2D eigenvalue weighted by atomic mass is 35.5. The molecule has 0 aromatic heterocycles. The number of aryl methyl sites for hydroxylation is 1. The van der Waals surface area contributed by atoms with Gasteiger partial charge in [0.15, 0.2) is 6.10 Å². The lowest BCUT2D eigenvalue weighted by molar-refractivity contribution is -0.122. The van der Waals surface area contributed by atoms with Crippen molar-refractivity contribution >= 4 is 29.1 Å². The van der Waals surface area contributed by atoms with Gasteiger partial charge in [0.1, 0.15) is 5.75 Å². The quantitative estimate of drug-likeness (QED) is 0.806. The maximum absolute atomic E-state index is 12.3. The van der Waals surface area contributed by atoms with Crippen molar-refractivity contribution in [2.24, 2.45) is 0 Å². The Balaban J connectivity index is 1.57. The molecule has 0 saturated heterocycles. The number of carbonyl (C=O) groups is 2. The number of hydrogen-bond donors (Lipinski definition) is 2. The third-order valence-corrected chi connectivity index (χ3v) is 4.37. The lowest BCUT2D eigenvalue weighted by Gasteiger charge is -2.16. The van der Waals surface area contributed by atoms with E-state index in [9.17, 15) is 9.59 Å². The van der Waals surface area contributed by atoms with Gasteiger partial charge in [-0.15, -0.1) is 0 Å². The molecule has 2 aromatic rings. The molecule has 1 aliphatic rings. The van der Waals surface area contributed by atoms with E-state index in [1.54, 1.807) is 49.4 Å². The van der Waals surface area contributed by atoms with E-state index < -0.39 is 6.10 Å². The summed E-state index contributed by atoms with van der Waals surface area (Å²) in [5.74, 6) is 0.263. The predicted octanol–water partition coefficient (Wildman–Crippen LogP) is 3.95. The molecule has 3 rings (SSSR count). The summed E-state index contributed by atoms with van der Waals surface area (Å²) < 4.78 is 5.71. The molecule has 0 heterocycles. The van der Waals surface area contributed by atoms with Crippen molar-refractivity contribution in [3.05, 3.63) is 58.6 Å². The second-order valence-electron chi connectivity index (χ2n) is 6.48. The van der Waals surface area contributed by atoms with Crippen molar-refractivity contribution in [2.45, 2.75) is 38.8 Å². The molecule has 5 nitrogen and oxygen atoms in total. The first-order valence-corrected chi connectivity index (χ1v) is 8.95. The lowest BCUT2D eigenvalue weighted by Crippen LogP contribution is -2.30. The van der Waals surface area contributed by atoms with Crippen LogP contribution >= 0.6 is 11.6 Å². The van der Waals surface area contributed by atoms with Crippen LogP contribution in [-0.4, -0.2) is 24.0 Å². The van der Waals surface area contributed by atoms with Crippen LogP contribution in [0.15, 0.2) is 42.5 Å². The van der Waals surface area contributed by atoms with Crippen LogP contribution < -0.4 is 15.4 Å². The van der Waals surface area contributed by atoms with Gasteiger partial charge >= 0.3 is 0 Å². The van der Waals surface area contributed by atoms with Gasteiger partial charge in [0, 0.05) is 22.3 Å². The average Bonchev–Trinajstić information content (AvgIpc) is 3.41. The Labute approximate surface area is 157 Å². The summed E-state index contributed by atoms with van der Waals surface area (Å²) in [4.78, 5) is 24.3. The normalized spacial score (nSPS) is 14.4. The number of hydrogen-bond acceptors (Lipinski definition) is 3. The maximum Gasteiger partial charge on any atom is 0.265 e. The monoisotopic (exact) mass is 372 g/mol. The second kappa shape index (κ2) is 7.79. The highest BCUT2D eigenvalue weighted by molar-refractivity contribution is 6.30. The van der Waals surface area contributed by atoms with E-state index in [2.05, 4.69) is 10.6 Å². The van der Waals surface area contributed by atoms with Crippen LogP contribution in [0, 0.1) is 6.92 Å². The molecular weight excluding hydrogens is 352 g/mol. The maximum atomic E-state index is 12.3. The standard InChI is InChI=1S/C20H21ClN2O3/c1-12-11-15(21)5-10-18(12)26-13(2)19(24)22-16-6-3-14(4-7-16)20(25)23-17-8-9-17/h3-7,10-11,13,17H,8-9H2,1-2H3,(H,22,24)(H,23,25)/t13-/m0/s1. The minimum atomic E-state index is -0.673. The Kier molecular flexibility index (Phi) is 5.47. The van der Waals surface area contributed by atoms with Gasteiger partial charge in [0.05, 0.1) is 0 Å². The van der Waals surface area contributed by atoms with Crippen LogP contribution in [0.2, 0.25) is 5.02 Å². The van der Waals surface area contributed by atoms with Crippen molar-refractivity contribution in [2.75, 3.05) is 5.32 Å². The van der Waals surface area contributed by atoms with E-state index in [1.807, 2.05) is 6.92 Å². The first-order valence-electron chi connectivity index (χ1n) is 8.57. The molecule has 1 atom stereocenters. The van der Waals surface area contributed by atoms with Crippen molar-refractivity contribution in [1.29, 1.82) is 0 Å². The smallest absolute Gasteiger partial charge is 0.265 e. The molecule has 0 spiro atoms. The van der Waals surface area contributed by atoms with Crippen LogP contribution in [0.5, 0.6) is 5.75 Å². The molecule has 0 bridgehead atoms. The van der Waals surface area contributed by atoms with Crippen molar-refractivity contribution in [1.82, 2.24) is 5.32 Å². The molecular formula is C20H21ClN2O3. The summed E-state index contributed by atoms with van der Waals surface area (Å²) in [6.07, 6.45) is 1.42. The number of benzene rings is 2. The Morgan fingerprint density at radius 3 is 2.46 bits per heavy atom. The molecule has 26 heavy (non-hydrogen) atoms. The molecule has 6 heteroatoms. The zero-order valence-corrected chi connectivity index (χ0v) is 15.5. The topological polar surface area (TPSA) is 67.4 Å². The van der Waals surface area contributed by atoms with Gasteiger partial charge in [0.2, 0.25) is 0 Å². The molecule has 1 fully saturated rings. The number of ether oxygens (including phenoxy) is 1. The molecule has 2 N–H and O–H groups in total. The van der Waals surface area contributed by atoms with Crippen LogP contribution in [0.1, 0.15) is 35.7 Å². The van der Waals surface area contributed by atoms with E-state index in [-0.39, 0.29) is 11.8 Å². The number of halogens is 1. The first kappa shape index (κ1) is 18.3. The van der Waals surface area contributed by atoms with E-state index >= 15 is 0 Å². The summed E-state index contributed by atoms with van der Waals surface area (Å²) >= 11 is 5.93. The highest BCUT2D eigenvalue weighted by Gasteiger charge is 2.23. The Morgan fingerprint density at radius 1 is 1.15 bits per heavy atom. The number of amides is 2. The van der Waals surface area contributed by atoms with Crippen molar-refractivity contribution in [3.63, 3.8) is 0 Å². The molecule has 1 aliphatic carbocycles. The molecule has 136 valence electrons. The van der Waals surface area contributed by atoms with Crippen molar-refractivity contribution in [3.8, 4) is 5.75 Å². The van der Waals surface area contributed by atoms with E-state index in [1.165, 1.54) is 0 Å². The number of anilines is 1. The van der Waals surface area contributed by atoms with Crippen LogP contribution in [-0.2, 0) is 4.79 Å². The largest absolute Gasteiger partial charge is 0.481 e. The average molecular weight is 373 g/mol. The Hall–Kier alpha value is -2.53. The molecule has 1 saturated carbocycles.